The van der Waals surface area contributed by atoms with Gasteiger partial charge in [0.05, 0.1) is 11.5 Å². The van der Waals surface area contributed by atoms with Crippen LogP contribution < -0.4 is 5.32 Å². The van der Waals surface area contributed by atoms with E-state index in [0.717, 1.165) is 6.07 Å². The van der Waals surface area contributed by atoms with Gasteiger partial charge in [-0.25, -0.2) is 14.2 Å². The Morgan fingerprint density at radius 3 is 2.85 bits per heavy atom. The Kier molecular flexibility index (Phi) is 3.89. The fraction of sp³-hybridized carbons (Fsp3) is 0.0909. The number of benzene rings is 1. The average molecular weight is 297 g/mol. The molecule has 104 valence electrons. The predicted octanol–water partition coefficient (Wildman–Crippen LogP) is 2.50. The molecule has 1 heterocycles. The van der Waals surface area contributed by atoms with E-state index in [1.54, 1.807) is 11.6 Å². The number of anilines is 1. The first-order valence-electron chi connectivity index (χ1n) is 5.32. The Labute approximate surface area is 115 Å². The molecule has 0 spiro atoms. The number of hydrogen-bond acceptors (Lipinski definition) is 6. The average Bonchev–Trinajstić information content (AvgIpc) is 2.88. The Hall–Kier alpha value is -2.55. The number of nitrogens with one attached hydrogen (secondary N) is 1. The highest BCUT2D eigenvalue weighted by Gasteiger charge is 2.21. The van der Waals surface area contributed by atoms with Gasteiger partial charge in [-0.15, -0.1) is 11.3 Å². The van der Waals surface area contributed by atoms with E-state index in [1.165, 1.54) is 11.3 Å². The summed E-state index contributed by atoms with van der Waals surface area (Å²) < 4.78 is 13.6. The van der Waals surface area contributed by atoms with Crippen LogP contribution in [0, 0.1) is 15.9 Å². The molecule has 2 N–H and O–H groups in total. The minimum absolute atomic E-state index is 0.0901. The van der Waals surface area contributed by atoms with Gasteiger partial charge in [0.2, 0.25) is 0 Å². The van der Waals surface area contributed by atoms with Gasteiger partial charge in [0, 0.05) is 23.7 Å². The first kappa shape index (κ1) is 13.9. The number of nitro groups is 1. The lowest BCUT2D eigenvalue weighted by molar-refractivity contribution is -0.384. The monoisotopic (exact) mass is 297 g/mol. The summed E-state index contributed by atoms with van der Waals surface area (Å²) in [6.45, 7) is 0.185. The Morgan fingerprint density at radius 1 is 1.55 bits per heavy atom. The molecule has 0 aliphatic rings. The second-order valence-corrected chi connectivity index (χ2v) is 4.67. The van der Waals surface area contributed by atoms with Crippen molar-refractivity contribution in [2.75, 3.05) is 5.32 Å². The summed E-state index contributed by atoms with van der Waals surface area (Å²) in [6, 6.07) is 1.50. The number of nitrogens with zero attached hydrogens (tertiary/aromatic N) is 2. The van der Waals surface area contributed by atoms with Crippen LogP contribution in [0.4, 0.5) is 15.8 Å². The summed E-state index contributed by atoms with van der Waals surface area (Å²) in [5.41, 5.74) is -1.33. The standard InChI is InChI=1S/C11H8FN3O4S/c12-7-4-8(14-5-10-13-1-2-20-10)9(15(18)19)3-6(7)11(16)17/h1-4,14H,5H2,(H,16,17). The summed E-state index contributed by atoms with van der Waals surface area (Å²) in [5.74, 6) is -2.60. The van der Waals surface area contributed by atoms with Gasteiger partial charge in [-0.3, -0.25) is 10.1 Å². The van der Waals surface area contributed by atoms with Gasteiger partial charge in [0.1, 0.15) is 22.1 Å². The van der Waals surface area contributed by atoms with E-state index >= 15 is 0 Å². The number of nitro benzene ring substituents is 1. The zero-order valence-electron chi connectivity index (χ0n) is 9.87. The smallest absolute Gasteiger partial charge is 0.338 e. The van der Waals surface area contributed by atoms with Gasteiger partial charge in [-0.2, -0.15) is 0 Å². The third-order valence-electron chi connectivity index (χ3n) is 2.43. The van der Waals surface area contributed by atoms with Crippen molar-refractivity contribution in [1.29, 1.82) is 0 Å². The Bertz CT molecular complexity index is 660. The maximum Gasteiger partial charge on any atom is 0.338 e. The molecule has 7 nitrogen and oxygen atoms in total. The summed E-state index contributed by atoms with van der Waals surface area (Å²) in [5, 5.41) is 24.7. The van der Waals surface area contributed by atoms with E-state index in [4.69, 9.17) is 5.11 Å². The van der Waals surface area contributed by atoms with Crippen LogP contribution in [-0.2, 0) is 6.54 Å². The number of aromatic carboxylic acids is 1. The normalized spacial score (nSPS) is 10.2. The van der Waals surface area contributed by atoms with Gasteiger partial charge in [-0.1, -0.05) is 0 Å². The molecule has 1 aromatic heterocycles. The first-order valence-corrected chi connectivity index (χ1v) is 6.20. The van der Waals surface area contributed by atoms with Crippen LogP contribution in [-0.4, -0.2) is 21.0 Å². The van der Waals surface area contributed by atoms with Crippen LogP contribution >= 0.6 is 11.3 Å². The van der Waals surface area contributed by atoms with Gasteiger partial charge in [0.25, 0.3) is 5.69 Å². The molecule has 0 bridgehead atoms. The zero-order valence-corrected chi connectivity index (χ0v) is 10.7. The van der Waals surface area contributed by atoms with Crippen molar-refractivity contribution < 1.29 is 19.2 Å². The van der Waals surface area contributed by atoms with Gasteiger partial charge in [0.15, 0.2) is 0 Å². The number of halogens is 1. The molecule has 2 rings (SSSR count). The van der Waals surface area contributed by atoms with Crippen LogP contribution in [0.15, 0.2) is 23.7 Å². The molecule has 20 heavy (non-hydrogen) atoms. The number of thiazole rings is 1. The van der Waals surface area contributed by atoms with Crippen LogP contribution in [0.3, 0.4) is 0 Å². The largest absolute Gasteiger partial charge is 0.478 e. The maximum absolute atomic E-state index is 13.6. The molecule has 0 aliphatic carbocycles. The number of carboxylic acids is 1. The van der Waals surface area contributed by atoms with Crippen molar-refractivity contribution >= 4 is 28.7 Å². The molecule has 0 unspecified atom stereocenters. The number of carboxylic acid groups (broad SMARTS) is 1. The molecule has 9 heteroatoms. The topological polar surface area (TPSA) is 105 Å². The predicted molar refractivity (Wildman–Crippen MR) is 69.5 cm³/mol. The molecule has 0 aliphatic heterocycles. The Balaban J connectivity index is 2.33. The van der Waals surface area contributed by atoms with Crippen LogP contribution in [0.2, 0.25) is 0 Å². The van der Waals surface area contributed by atoms with E-state index in [2.05, 4.69) is 10.3 Å². The summed E-state index contributed by atoms with van der Waals surface area (Å²) in [6.07, 6.45) is 1.57. The molecule has 0 atom stereocenters. The zero-order chi connectivity index (χ0) is 14.7. The van der Waals surface area contributed by atoms with Crippen molar-refractivity contribution in [3.05, 3.63) is 50.2 Å². The van der Waals surface area contributed by atoms with Crippen molar-refractivity contribution in [2.45, 2.75) is 6.54 Å². The van der Waals surface area contributed by atoms with Crippen molar-refractivity contribution in [2.24, 2.45) is 0 Å². The number of hydrogen-bond donors (Lipinski definition) is 2. The molecule has 0 saturated carbocycles. The second kappa shape index (κ2) is 5.61. The van der Waals surface area contributed by atoms with E-state index in [9.17, 15) is 19.3 Å². The molecule has 2 aromatic rings. The maximum atomic E-state index is 13.6. The molecular formula is C11H8FN3O4S. The highest BCUT2D eigenvalue weighted by atomic mass is 32.1. The van der Waals surface area contributed by atoms with Crippen molar-refractivity contribution in [3.63, 3.8) is 0 Å². The van der Waals surface area contributed by atoms with Crippen LogP contribution in [0.25, 0.3) is 0 Å². The summed E-state index contributed by atoms with van der Waals surface area (Å²) >= 11 is 1.34. The molecule has 0 saturated heterocycles. The lowest BCUT2D eigenvalue weighted by Crippen LogP contribution is -2.07. The molecule has 0 amide bonds. The second-order valence-electron chi connectivity index (χ2n) is 3.69. The minimum atomic E-state index is -1.56. The van der Waals surface area contributed by atoms with E-state index in [1.807, 2.05) is 0 Å². The van der Waals surface area contributed by atoms with Crippen molar-refractivity contribution in [1.82, 2.24) is 4.98 Å². The number of aromatic nitrogens is 1. The van der Waals surface area contributed by atoms with Gasteiger partial charge in [-0.05, 0) is 0 Å². The third kappa shape index (κ3) is 2.88. The van der Waals surface area contributed by atoms with Crippen molar-refractivity contribution in [3.8, 4) is 0 Å². The van der Waals surface area contributed by atoms with E-state index in [0.29, 0.717) is 11.1 Å². The number of rotatable bonds is 5. The van der Waals surface area contributed by atoms with E-state index < -0.39 is 28.0 Å². The molecule has 0 radical (unpaired) electrons. The van der Waals surface area contributed by atoms with Crippen LogP contribution in [0.5, 0.6) is 0 Å². The molecular weight excluding hydrogens is 289 g/mol. The highest BCUT2D eigenvalue weighted by molar-refractivity contribution is 7.09. The highest BCUT2D eigenvalue weighted by Crippen LogP contribution is 2.28. The Morgan fingerprint density at radius 2 is 2.30 bits per heavy atom. The summed E-state index contributed by atoms with van der Waals surface area (Å²) in [4.78, 5) is 24.9. The fourth-order valence-corrected chi connectivity index (χ4v) is 2.09. The minimum Gasteiger partial charge on any atom is -0.478 e. The lowest BCUT2D eigenvalue weighted by atomic mass is 10.1. The fourth-order valence-electron chi connectivity index (χ4n) is 1.53. The third-order valence-corrected chi connectivity index (χ3v) is 3.21. The van der Waals surface area contributed by atoms with E-state index in [-0.39, 0.29) is 12.2 Å². The van der Waals surface area contributed by atoms with Crippen LogP contribution in [0.1, 0.15) is 15.4 Å². The molecule has 0 fully saturated rings. The van der Waals surface area contributed by atoms with Gasteiger partial charge >= 0.3 is 5.97 Å². The SMILES string of the molecule is O=C(O)c1cc([N+](=O)[O-])c(NCc2nccs2)cc1F. The van der Waals surface area contributed by atoms with Gasteiger partial charge < -0.3 is 10.4 Å². The molecule has 1 aromatic carbocycles. The number of carbonyl (C=O) groups is 1. The quantitative estimate of drug-likeness (QED) is 0.649. The summed E-state index contributed by atoms with van der Waals surface area (Å²) in [7, 11) is 0. The lowest BCUT2D eigenvalue weighted by Gasteiger charge is -2.07. The first-order chi connectivity index (χ1) is 9.49.